The number of anilines is 1. The average Bonchev–Trinajstić information content (AvgIpc) is 3.34. The number of hydrogen-bond acceptors (Lipinski definition) is 2. The summed E-state index contributed by atoms with van der Waals surface area (Å²) in [5, 5.41) is 5.87. The molecule has 0 saturated carbocycles. The van der Waals surface area contributed by atoms with Crippen molar-refractivity contribution in [1.82, 2.24) is 0 Å². The molecule has 1 N–H and O–H groups in total. The third kappa shape index (κ3) is 5.03. The molecule has 1 aromatic heterocycles. The summed E-state index contributed by atoms with van der Waals surface area (Å²) < 4.78 is 0. The molecule has 0 saturated heterocycles. The molecule has 0 fully saturated rings. The summed E-state index contributed by atoms with van der Waals surface area (Å²) in [7, 11) is 0. The summed E-state index contributed by atoms with van der Waals surface area (Å²) in [5.74, 6) is 1.06. The highest BCUT2D eigenvalue weighted by molar-refractivity contribution is 7.13. The fraction of sp³-hybridized carbons (Fsp3) is 0.250. The van der Waals surface area contributed by atoms with Crippen LogP contribution >= 0.6 is 11.3 Å². The van der Waals surface area contributed by atoms with Gasteiger partial charge in [-0.05, 0) is 64.9 Å². The van der Waals surface area contributed by atoms with Crippen molar-refractivity contribution < 1.29 is 0 Å². The maximum atomic E-state index is 4.56. The van der Waals surface area contributed by atoms with Gasteiger partial charge in [-0.1, -0.05) is 94.9 Å². The molecule has 2 heteroatoms. The molecule has 0 aliphatic rings. The smallest absolute Gasteiger partial charge is 0.0464 e. The summed E-state index contributed by atoms with van der Waals surface area (Å²) in [6, 6.07) is 26.2. The molecule has 0 aliphatic heterocycles. The predicted octanol–water partition coefficient (Wildman–Crippen LogP) is 9.80. The molecule has 34 heavy (non-hydrogen) atoms. The molecule has 1 heterocycles. The van der Waals surface area contributed by atoms with Gasteiger partial charge in [0.15, 0.2) is 0 Å². The second-order valence-corrected chi connectivity index (χ2v) is 10.7. The van der Waals surface area contributed by atoms with Crippen LogP contribution in [0.1, 0.15) is 55.9 Å². The van der Waals surface area contributed by atoms with Crippen LogP contribution in [0.3, 0.4) is 0 Å². The molecule has 1 nitrogen and oxygen atoms in total. The zero-order valence-corrected chi connectivity index (χ0v) is 21.8. The predicted molar refractivity (Wildman–Crippen MR) is 152 cm³/mol. The normalized spacial score (nSPS) is 11.3. The van der Waals surface area contributed by atoms with Crippen molar-refractivity contribution in [3.8, 4) is 21.6 Å². The third-order valence-electron chi connectivity index (χ3n) is 6.37. The van der Waals surface area contributed by atoms with Crippen molar-refractivity contribution in [3.05, 3.63) is 107 Å². The van der Waals surface area contributed by atoms with E-state index in [-0.39, 0.29) is 0 Å². The molecule has 0 unspecified atom stereocenters. The van der Waals surface area contributed by atoms with Gasteiger partial charge < -0.3 is 5.32 Å². The van der Waals surface area contributed by atoms with Gasteiger partial charge in [-0.3, -0.25) is 0 Å². The highest BCUT2D eigenvalue weighted by atomic mass is 32.1. The average molecular weight is 466 g/mol. The lowest BCUT2D eigenvalue weighted by molar-refractivity contribution is 0.646. The highest BCUT2D eigenvalue weighted by Crippen LogP contribution is 2.38. The number of para-hydroxylation sites is 1. The van der Waals surface area contributed by atoms with E-state index in [1.54, 1.807) is 11.3 Å². The van der Waals surface area contributed by atoms with E-state index in [9.17, 15) is 0 Å². The first kappa shape index (κ1) is 24.0. The Bertz CT molecular complexity index is 1280. The first-order chi connectivity index (χ1) is 16.4. The molecule has 0 spiro atoms. The van der Waals surface area contributed by atoms with Crippen LogP contribution in [-0.2, 0) is 6.42 Å². The quantitative estimate of drug-likeness (QED) is 0.273. The zero-order chi connectivity index (χ0) is 24.2. The number of thiophene rings is 1. The van der Waals surface area contributed by atoms with Crippen LogP contribution in [-0.4, -0.2) is 0 Å². The van der Waals surface area contributed by atoms with Crippen LogP contribution in [0.4, 0.5) is 5.69 Å². The number of hydrogen-bond donors (Lipinski definition) is 1. The van der Waals surface area contributed by atoms with Crippen LogP contribution in [0, 0.1) is 12.8 Å². The maximum Gasteiger partial charge on any atom is 0.0464 e. The topological polar surface area (TPSA) is 12.0 Å². The minimum atomic E-state index is 0.492. The second-order valence-electron chi connectivity index (χ2n) is 9.74. The van der Waals surface area contributed by atoms with Gasteiger partial charge in [-0.25, -0.2) is 0 Å². The van der Waals surface area contributed by atoms with Gasteiger partial charge in [0.2, 0.25) is 0 Å². The van der Waals surface area contributed by atoms with Crippen LogP contribution < -0.4 is 5.32 Å². The van der Waals surface area contributed by atoms with Crippen LogP contribution in [0.2, 0.25) is 0 Å². The molecular weight excluding hydrogens is 430 g/mol. The largest absolute Gasteiger partial charge is 0.355 e. The maximum absolute atomic E-state index is 4.56. The summed E-state index contributed by atoms with van der Waals surface area (Å²) in [5.41, 5.74) is 11.1. The van der Waals surface area contributed by atoms with Gasteiger partial charge in [0, 0.05) is 33.0 Å². The Balaban J connectivity index is 1.78. The highest BCUT2D eigenvalue weighted by Gasteiger charge is 2.17. The number of nitrogens with one attached hydrogen (secondary N) is 1. The lowest BCUT2D eigenvalue weighted by Gasteiger charge is -2.21. The molecule has 0 atom stereocenters. The molecule has 3 aromatic carbocycles. The van der Waals surface area contributed by atoms with E-state index in [2.05, 4.69) is 125 Å². The van der Waals surface area contributed by atoms with Crippen molar-refractivity contribution in [2.75, 3.05) is 5.32 Å². The van der Waals surface area contributed by atoms with E-state index in [0.29, 0.717) is 11.8 Å². The van der Waals surface area contributed by atoms with Crippen molar-refractivity contribution in [1.29, 1.82) is 0 Å². The Kier molecular flexibility index (Phi) is 7.38. The lowest BCUT2D eigenvalue weighted by Crippen LogP contribution is -2.06. The monoisotopic (exact) mass is 465 g/mol. The van der Waals surface area contributed by atoms with Gasteiger partial charge in [0.25, 0.3) is 0 Å². The fourth-order valence-corrected chi connectivity index (χ4v) is 5.58. The van der Waals surface area contributed by atoms with Crippen LogP contribution in [0.15, 0.2) is 84.8 Å². The van der Waals surface area contributed by atoms with E-state index in [4.69, 9.17) is 0 Å². The molecule has 0 aliphatic carbocycles. The Morgan fingerprint density at radius 1 is 0.824 bits per heavy atom. The molecule has 0 bridgehead atoms. The Hall–Kier alpha value is -3.10. The SMILES string of the molecule is C=C(Nc1ccccc1-c1cccc(C(C)C)c1C)c1c(CC(C)C)cccc1-c1cccs1. The van der Waals surface area contributed by atoms with E-state index in [0.717, 1.165) is 17.8 Å². The van der Waals surface area contributed by atoms with Gasteiger partial charge in [-0.2, -0.15) is 0 Å². The molecule has 0 amide bonds. The van der Waals surface area contributed by atoms with E-state index >= 15 is 0 Å². The van der Waals surface area contributed by atoms with Gasteiger partial charge in [0.05, 0.1) is 0 Å². The summed E-state index contributed by atoms with van der Waals surface area (Å²) in [6.07, 6.45) is 1.02. The van der Waals surface area contributed by atoms with Crippen molar-refractivity contribution >= 4 is 22.7 Å². The van der Waals surface area contributed by atoms with Gasteiger partial charge >= 0.3 is 0 Å². The first-order valence-corrected chi connectivity index (χ1v) is 13.1. The van der Waals surface area contributed by atoms with E-state index in [1.165, 1.54) is 43.8 Å². The zero-order valence-electron chi connectivity index (χ0n) is 21.0. The Labute approximate surface area is 209 Å². The lowest BCUT2D eigenvalue weighted by atomic mass is 9.90. The molecule has 4 rings (SSSR count). The molecule has 4 aromatic rings. The Morgan fingerprint density at radius 2 is 1.53 bits per heavy atom. The minimum Gasteiger partial charge on any atom is -0.355 e. The summed E-state index contributed by atoms with van der Waals surface area (Å²) in [4.78, 5) is 1.28. The van der Waals surface area contributed by atoms with Crippen molar-refractivity contribution in [2.24, 2.45) is 5.92 Å². The fourth-order valence-electron chi connectivity index (χ4n) is 4.83. The molecular formula is C32H35NS. The Morgan fingerprint density at radius 3 is 2.24 bits per heavy atom. The first-order valence-electron chi connectivity index (χ1n) is 12.2. The molecule has 174 valence electrons. The summed E-state index contributed by atoms with van der Waals surface area (Å²) in [6.45, 7) is 15.9. The van der Waals surface area contributed by atoms with E-state index in [1.807, 2.05) is 0 Å². The van der Waals surface area contributed by atoms with Crippen LogP contribution in [0.25, 0.3) is 27.3 Å². The minimum absolute atomic E-state index is 0.492. The third-order valence-corrected chi connectivity index (χ3v) is 7.27. The standard InChI is InChI=1S/C32H35NS/c1-21(2)20-25-12-9-16-29(31-18-11-19-34-31)32(25)24(6)33-30-17-8-7-13-28(30)27-15-10-14-26(22(3)4)23(27)5/h7-19,21-22,33H,6,20H2,1-5H3. The second kappa shape index (κ2) is 10.4. The summed E-state index contributed by atoms with van der Waals surface area (Å²) >= 11 is 1.78. The molecule has 0 radical (unpaired) electrons. The van der Waals surface area contributed by atoms with Crippen LogP contribution in [0.5, 0.6) is 0 Å². The van der Waals surface area contributed by atoms with Gasteiger partial charge in [0.1, 0.15) is 0 Å². The van der Waals surface area contributed by atoms with Crippen molar-refractivity contribution in [3.63, 3.8) is 0 Å². The van der Waals surface area contributed by atoms with E-state index < -0.39 is 0 Å². The van der Waals surface area contributed by atoms with Crippen molar-refractivity contribution in [2.45, 2.75) is 47.0 Å². The number of benzene rings is 3. The van der Waals surface area contributed by atoms with Gasteiger partial charge in [-0.15, -0.1) is 11.3 Å². The number of rotatable bonds is 8.